The predicted molar refractivity (Wildman–Crippen MR) is 70.6 cm³/mol. The van der Waals surface area contributed by atoms with Gasteiger partial charge in [0.05, 0.1) is 34.0 Å². The number of hydrogen-bond donors (Lipinski definition) is 1. The predicted octanol–water partition coefficient (Wildman–Crippen LogP) is 3.83. The van der Waals surface area contributed by atoms with Gasteiger partial charge in [0.15, 0.2) is 0 Å². The van der Waals surface area contributed by atoms with Crippen molar-refractivity contribution in [2.45, 2.75) is 0 Å². The van der Waals surface area contributed by atoms with Gasteiger partial charge < -0.3 is 5.32 Å². The number of rotatable bonds is 2. The molecular formula is C14H8ClN3. The third-order valence-electron chi connectivity index (χ3n) is 2.37. The van der Waals surface area contributed by atoms with Gasteiger partial charge in [-0.1, -0.05) is 17.7 Å². The molecule has 0 amide bonds. The third-order valence-corrected chi connectivity index (χ3v) is 2.68. The normalized spacial score (nSPS) is 9.28. The molecule has 0 aliphatic carbocycles. The fourth-order valence-electron chi connectivity index (χ4n) is 1.51. The number of nitrogens with one attached hydrogen (secondary N) is 1. The molecule has 0 spiro atoms. The van der Waals surface area contributed by atoms with Crippen LogP contribution in [0.5, 0.6) is 0 Å². The molecule has 0 aliphatic rings. The largest absolute Gasteiger partial charge is 0.354 e. The van der Waals surface area contributed by atoms with Crippen molar-refractivity contribution in [1.29, 1.82) is 10.5 Å². The van der Waals surface area contributed by atoms with E-state index in [9.17, 15) is 0 Å². The first kappa shape index (κ1) is 12.0. The van der Waals surface area contributed by atoms with Crippen LogP contribution in [0.25, 0.3) is 0 Å². The Balaban J connectivity index is 2.29. The molecule has 0 atom stereocenters. The Bertz CT molecular complexity index is 665. The lowest BCUT2D eigenvalue weighted by molar-refractivity contribution is 1.46. The van der Waals surface area contributed by atoms with E-state index >= 15 is 0 Å². The molecule has 2 aromatic carbocycles. The number of hydrogen-bond acceptors (Lipinski definition) is 3. The van der Waals surface area contributed by atoms with E-state index in [0.29, 0.717) is 21.8 Å². The SMILES string of the molecule is N#Cc1cccc(Nc2ccc(C#N)cc2Cl)c1. The monoisotopic (exact) mass is 253 g/mol. The van der Waals surface area contributed by atoms with Crippen LogP contribution >= 0.6 is 11.6 Å². The van der Waals surface area contributed by atoms with Crippen LogP contribution in [0.1, 0.15) is 11.1 Å². The van der Waals surface area contributed by atoms with Crippen molar-refractivity contribution in [3.63, 3.8) is 0 Å². The highest BCUT2D eigenvalue weighted by atomic mass is 35.5. The Morgan fingerprint density at radius 1 is 0.944 bits per heavy atom. The summed E-state index contributed by atoms with van der Waals surface area (Å²) in [5.74, 6) is 0. The molecule has 0 aromatic heterocycles. The highest BCUT2D eigenvalue weighted by Crippen LogP contribution is 2.26. The summed E-state index contributed by atoms with van der Waals surface area (Å²) in [5.41, 5.74) is 2.56. The minimum absolute atomic E-state index is 0.469. The summed E-state index contributed by atoms with van der Waals surface area (Å²) in [5, 5.41) is 21.1. The molecule has 0 saturated carbocycles. The highest BCUT2D eigenvalue weighted by molar-refractivity contribution is 6.33. The minimum Gasteiger partial charge on any atom is -0.354 e. The molecule has 0 saturated heterocycles. The van der Waals surface area contributed by atoms with Crippen molar-refractivity contribution in [1.82, 2.24) is 0 Å². The highest BCUT2D eigenvalue weighted by Gasteiger charge is 2.02. The molecule has 3 nitrogen and oxygen atoms in total. The molecule has 2 rings (SSSR count). The van der Waals surface area contributed by atoms with Crippen LogP contribution in [0.3, 0.4) is 0 Å². The first-order valence-corrected chi connectivity index (χ1v) is 5.57. The van der Waals surface area contributed by atoms with E-state index < -0.39 is 0 Å². The standard InChI is InChI=1S/C14H8ClN3/c15-13-7-11(9-17)4-5-14(13)18-12-3-1-2-10(6-12)8-16/h1-7,18H. The lowest BCUT2D eigenvalue weighted by Gasteiger charge is -2.08. The van der Waals surface area contributed by atoms with Crippen molar-refractivity contribution in [2.75, 3.05) is 5.32 Å². The van der Waals surface area contributed by atoms with E-state index in [0.717, 1.165) is 5.69 Å². The second-order valence-corrected chi connectivity index (χ2v) is 4.03. The van der Waals surface area contributed by atoms with Crippen LogP contribution in [-0.2, 0) is 0 Å². The molecule has 0 bridgehead atoms. The summed E-state index contributed by atoms with van der Waals surface area (Å²) in [6.45, 7) is 0. The van der Waals surface area contributed by atoms with Crippen molar-refractivity contribution in [2.24, 2.45) is 0 Å². The van der Waals surface area contributed by atoms with E-state index in [4.69, 9.17) is 22.1 Å². The number of nitrogens with zero attached hydrogens (tertiary/aromatic N) is 2. The van der Waals surface area contributed by atoms with E-state index in [-0.39, 0.29) is 0 Å². The summed E-state index contributed by atoms with van der Waals surface area (Å²) in [4.78, 5) is 0. The molecule has 0 heterocycles. The van der Waals surface area contributed by atoms with Gasteiger partial charge in [-0.3, -0.25) is 0 Å². The van der Waals surface area contributed by atoms with E-state index in [1.165, 1.54) is 0 Å². The van der Waals surface area contributed by atoms with Gasteiger partial charge >= 0.3 is 0 Å². The second kappa shape index (κ2) is 5.23. The number of halogens is 1. The third kappa shape index (κ3) is 2.60. The van der Waals surface area contributed by atoms with Crippen molar-refractivity contribution in [3.8, 4) is 12.1 Å². The summed E-state index contributed by atoms with van der Waals surface area (Å²) < 4.78 is 0. The maximum absolute atomic E-state index is 8.81. The number of benzene rings is 2. The van der Waals surface area contributed by atoms with Crippen LogP contribution < -0.4 is 5.32 Å². The summed E-state index contributed by atoms with van der Waals surface area (Å²) in [6, 6.07) is 16.2. The van der Waals surface area contributed by atoms with Gasteiger partial charge in [-0.05, 0) is 36.4 Å². The quantitative estimate of drug-likeness (QED) is 0.885. The summed E-state index contributed by atoms with van der Waals surface area (Å²) in [7, 11) is 0. The lowest BCUT2D eigenvalue weighted by atomic mass is 10.2. The Morgan fingerprint density at radius 2 is 1.67 bits per heavy atom. The number of nitriles is 2. The fraction of sp³-hybridized carbons (Fsp3) is 0. The summed E-state index contributed by atoms with van der Waals surface area (Å²) in [6.07, 6.45) is 0. The van der Waals surface area contributed by atoms with Gasteiger partial charge in [0.2, 0.25) is 0 Å². The maximum atomic E-state index is 8.81. The second-order valence-electron chi connectivity index (χ2n) is 3.62. The van der Waals surface area contributed by atoms with Gasteiger partial charge in [-0.25, -0.2) is 0 Å². The van der Waals surface area contributed by atoms with E-state index in [2.05, 4.69) is 11.4 Å². The zero-order valence-electron chi connectivity index (χ0n) is 9.31. The number of anilines is 2. The molecule has 1 N–H and O–H groups in total. The van der Waals surface area contributed by atoms with Crippen molar-refractivity contribution < 1.29 is 0 Å². The average molecular weight is 254 g/mol. The van der Waals surface area contributed by atoms with Crippen LogP contribution in [-0.4, -0.2) is 0 Å². The van der Waals surface area contributed by atoms with Gasteiger partial charge in [0.1, 0.15) is 0 Å². The topological polar surface area (TPSA) is 59.6 Å². The zero-order chi connectivity index (χ0) is 13.0. The molecule has 0 aliphatic heterocycles. The molecule has 0 radical (unpaired) electrons. The first-order valence-electron chi connectivity index (χ1n) is 5.20. The average Bonchev–Trinajstić information content (AvgIpc) is 2.41. The minimum atomic E-state index is 0.469. The van der Waals surface area contributed by atoms with E-state index in [1.807, 2.05) is 12.1 Å². The molecule has 18 heavy (non-hydrogen) atoms. The first-order chi connectivity index (χ1) is 8.72. The van der Waals surface area contributed by atoms with Crippen LogP contribution in [0.4, 0.5) is 11.4 Å². The smallest absolute Gasteiger partial charge is 0.0992 e. The molecule has 2 aromatic rings. The van der Waals surface area contributed by atoms with Crippen LogP contribution in [0.2, 0.25) is 5.02 Å². The Hall–Kier alpha value is -2.49. The Morgan fingerprint density at radius 3 is 2.33 bits per heavy atom. The molecule has 86 valence electrons. The van der Waals surface area contributed by atoms with Gasteiger partial charge in [0.25, 0.3) is 0 Å². The molecule has 0 fully saturated rings. The van der Waals surface area contributed by atoms with E-state index in [1.54, 1.807) is 36.4 Å². The zero-order valence-corrected chi connectivity index (χ0v) is 10.1. The molecule has 0 unspecified atom stereocenters. The Labute approximate surface area is 110 Å². The van der Waals surface area contributed by atoms with Gasteiger partial charge in [-0.15, -0.1) is 0 Å². The molecular weight excluding hydrogens is 246 g/mol. The molecule has 4 heteroatoms. The van der Waals surface area contributed by atoms with Gasteiger partial charge in [0, 0.05) is 5.69 Å². The maximum Gasteiger partial charge on any atom is 0.0992 e. The van der Waals surface area contributed by atoms with Crippen molar-refractivity contribution >= 4 is 23.0 Å². The van der Waals surface area contributed by atoms with Gasteiger partial charge in [-0.2, -0.15) is 10.5 Å². The fourth-order valence-corrected chi connectivity index (χ4v) is 1.74. The van der Waals surface area contributed by atoms with Crippen LogP contribution in [0, 0.1) is 22.7 Å². The van der Waals surface area contributed by atoms with Crippen molar-refractivity contribution in [3.05, 3.63) is 58.6 Å². The lowest BCUT2D eigenvalue weighted by Crippen LogP contribution is -1.92. The van der Waals surface area contributed by atoms with Crippen LogP contribution in [0.15, 0.2) is 42.5 Å². The Kier molecular flexibility index (Phi) is 3.48. The summed E-state index contributed by atoms with van der Waals surface area (Å²) >= 11 is 6.05.